The summed E-state index contributed by atoms with van der Waals surface area (Å²) in [5, 5.41) is 10.8. The van der Waals surface area contributed by atoms with Gasteiger partial charge in [-0.2, -0.15) is 0 Å². The number of nitrogens with zero attached hydrogens (tertiary/aromatic N) is 1. The molecule has 0 fully saturated rings. The zero-order chi connectivity index (χ0) is 12.3. The molecule has 0 amide bonds. The van der Waals surface area contributed by atoms with Gasteiger partial charge < -0.3 is 14.8 Å². The Kier molecular flexibility index (Phi) is 3.44. The van der Waals surface area contributed by atoms with Crippen LogP contribution in [-0.4, -0.2) is 36.1 Å². The van der Waals surface area contributed by atoms with Gasteiger partial charge in [0, 0.05) is 24.2 Å². The number of benzene rings is 1. The molecule has 2 rings (SSSR count). The SMILES string of the molecule is COC[C@H](C)N=Cc1c(O)[nH]c2ccccc12. The van der Waals surface area contributed by atoms with Crippen LogP contribution in [0.1, 0.15) is 12.5 Å². The van der Waals surface area contributed by atoms with E-state index in [1.165, 1.54) is 0 Å². The van der Waals surface area contributed by atoms with Crippen molar-refractivity contribution in [2.24, 2.45) is 4.99 Å². The molecule has 1 aromatic heterocycles. The van der Waals surface area contributed by atoms with Crippen molar-refractivity contribution in [2.75, 3.05) is 13.7 Å². The zero-order valence-electron chi connectivity index (χ0n) is 9.97. The number of aliphatic imine (C=N–C) groups is 1. The van der Waals surface area contributed by atoms with Crippen molar-refractivity contribution in [3.63, 3.8) is 0 Å². The summed E-state index contributed by atoms with van der Waals surface area (Å²) in [4.78, 5) is 7.25. The third-order valence-electron chi connectivity index (χ3n) is 2.59. The van der Waals surface area contributed by atoms with Crippen molar-refractivity contribution < 1.29 is 9.84 Å². The summed E-state index contributed by atoms with van der Waals surface area (Å²) in [5.41, 5.74) is 1.63. The Morgan fingerprint density at radius 2 is 2.24 bits per heavy atom. The molecule has 0 saturated heterocycles. The molecule has 0 bridgehead atoms. The molecule has 0 aliphatic heterocycles. The molecular formula is C13H16N2O2. The second-order valence-electron chi connectivity index (χ2n) is 4.02. The third kappa shape index (κ3) is 2.47. The second-order valence-corrected chi connectivity index (χ2v) is 4.02. The Labute approximate surface area is 100.0 Å². The van der Waals surface area contributed by atoms with Crippen molar-refractivity contribution >= 4 is 17.1 Å². The maximum atomic E-state index is 9.80. The fourth-order valence-electron chi connectivity index (χ4n) is 1.77. The third-order valence-corrected chi connectivity index (χ3v) is 2.59. The van der Waals surface area contributed by atoms with E-state index in [4.69, 9.17) is 4.74 Å². The Morgan fingerprint density at radius 3 is 3.00 bits per heavy atom. The summed E-state index contributed by atoms with van der Waals surface area (Å²) in [6.07, 6.45) is 1.69. The highest BCUT2D eigenvalue weighted by molar-refractivity contribution is 6.01. The quantitative estimate of drug-likeness (QED) is 0.795. The van der Waals surface area contributed by atoms with E-state index in [9.17, 15) is 5.11 Å². The normalized spacial score (nSPS) is 13.5. The summed E-state index contributed by atoms with van der Waals surface area (Å²) in [5.74, 6) is 0.152. The molecule has 17 heavy (non-hydrogen) atoms. The van der Waals surface area contributed by atoms with Crippen LogP contribution in [0.15, 0.2) is 29.3 Å². The molecule has 0 spiro atoms. The van der Waals surface area contributed by atoms with Crippen LogP contribution >= 0.6 is 0 Å². The maximum Gasteiger partial charge on any atom is 0.198 e. The van der Waals surface area contributed by atoms with Gasteiger partial charge in [-0.1, -0.05) is 18.2 Å². The molecule has 1 aromatic carbocycles. The van der Waals surface area contributed by atoms with Crippen LogP contribution in [-0.2, 0) is 4.74 Å². The van der Waals surface area contributed by atoms with E-state index >= 15 is 0 Å². The monoisotopic (exact) mass is 232 g/mol. The smallest absolute Gasteiger partial charge is 0.198 e. The molecule has 4 nitrogen and oxygen atoms in total. The molecule has 1 atom stereocenters. The summed E-state index contributed by atoms with van der Waals surface area (Å²) >= 11 is 0. The van der Waals surface area contributed by atoms with E-state index in [0.717, 1.165) is 16.5 Å². The van der Waals surface area contributed by atoms with Gasteiger partial charge in [-0.05, 0) is 13.0 Å². The van der Waals surface area contributed by atoms with E-state index in [-0.39, 0.29) is 11.9 Å². The van der Waals surface area contributed by atoms with Crippen LogP contribution in [0.25, 0.3) is 10.9 Å². The zero-order valence-corrected chi connectivity index (χ0v) is 9.97. The van der Waals surface area contributed by atoms with E-state index in [1.807, 2.05) is 31.2 Å². The minimum atomic E-state index is 0.0769. The average molecular weight is 232 g/mol. The Bertz CT molecular complexity index is 531. The first-order valence-corrected chi connectivity index (χ1v) is 5.54. The Balaban J connectivity index is 2.32. The minimum Gasteiger partial charge on any atom is -0.494 e. The van der Waals surface area contributed by atoms with Gasteiger partial charge in [0.2, 0.25) is 0 Å². The van der Waals surface area contributed by atoms with Crippen LogP contribution in [0.3, 0.4) is 0 Å². The van der Waals surface area contributed by atoms with Gasteiger partial charge in [0.05, 0.1) is 18.2 Å². The van der Waals surface area contributed by atoms with Crippen molar-refractivity contribution in [3.05, 3.63) is 29.8 Å². The number of aromatic amines is 1. The predicted molar refractivity (Wildman–Crippen MR) is 68.9 cm³/mol. The standard InChI is InChI=1S/C13H16N2O2/c1-9(8-17-2)14-7-11-10-5-3-4-6-12(10)15-13(11)16/h3-7,9,15-16H,8H2,1-2H3/t9-/m0/s1. The van der Waals surface area contributed by atoms with Crippen molar-refractivity contribution in [3.8, 4) is 5.88 Å². The van der Waals surface area contributed by atoms with E-state index in [0.29, 0.717) is 6.61 Å². The van der Waals surface area contributed by atoms with Gasteiger partial charge in [-0.3, -0.25) is 4.99 Å². The lowest BCUT2D eigenvalue weighted by Gasteiger charge is -2.02. The number of methoxy groups -OCH3 is 1. The number of aromatic hydroxyl groups is 1. The number of ether oxygens (including phenoxy) is 1. The lowest BCUT2D eigenvalue weighted by molar-refractivity contribution is 0.186. The molecule has 0 radical (unpaired) electrons. The number of rotatable bonds is 4. The number of fused-ring (bicyclic) bond motifs is 1. The summed E-state index contributed by atoms with van der Waals surface area (Å²) in [6.45, 7) is 2.53. The highest BCUT2D eigenvalue weighted by Crippen LogP contribution is 2.25. The lowest BCUT2D eigenvalue weighted by Crippen LogP contribution is -2.06. The number of nitrogens with one attached hydrogen (secondary N) is 1. The second kappa shape index (κ2) is 5.01. The fourth-order valence-corrected chi connectivity index (χ4v) is 1.77. The molecule has 2 aromatic rings. The number of H-pyrrole nitrogens is 1. The van der Waals surface area contributed by atoms with Gasteiger partial charge in [0.1, 0.15) is 0 Å². The van der Waals surface area contributed by atoms with E-state index in [1.54, 1.807) is 13.3 Å². The van der Waals surface area contributed by atoms with Crippen molar-refractivity contribution in [1.29, 1.82) is 0 Å². The van der Waals surface area contributed by atoms with Crippen LogP contribution < -0.4 is 0 Å². The predicted octanol–water partition coefficient (Wildman–Crippen LogP) is 2.33. The molecule has 0 aliphatic rings. The maximum absolute atomic E-state index is 9.80. The van der Waals surface area contributed by atoms with Gasteiger partial charge >= 0.3 is 0 Å². The lowest BCUT2D eigenvalue weighted by atomic mass is 10.2. The van der Waals surface area contributed by atoms with E-state index in [2.05, 4.69) is 9.98 Å². The molecule has 2 N–H and O–H groups in total. The van der Waals surface area contributed by atoms with Gasteiger partial charge in [0.15, 0.2) is 5.88 Å². The van der Waals surface area contributed by atoms with Crippen LogP contribution in [0, 0.1) is 0 Å². The molecule has 90 valence electrons. The highest BCUT2D eigenvalue weighted by atomic mass is 16.5. The molecule has 4 heteroatoms. The summed E-state index contributed by atoms with van der Waals surface area (Å²) < 4.78 is 5.01. The first-order valence-electron chi connectivity index (χ1n) is 5.54. The Morgan fingerprint density at radius 1 is 1.47 bits per heavy atom. The van der Waals surface area contributed by atoms with Gasteiger partial charge in [-0.15, -0.1) is 0 Å². The van der Waals surface area contributed by atoms with Crippen molar-refractivity contribution in [2.45, 2.75) is 13.0 Å². The summed E-state index contributed by atoms with van der Waals surface area (Å²) in [6, 6.07) is 7.81. The van der Waals surface area contributed by atoms with Crippen molar-refractivity contribution in [1.82, 2.24) is 4.98 Å². The fraction of sp³-hybridized carbons (Fsp3) is 0.308. The molecular weight excluding hydrogens is 216 g/mol. The first kappa shape index (κ1) is 11.7. The average Bonchev–Trinajstić information content (AvgIpc) is 2.62. The topological polar surface area (TPSA) is 57.6 Å². The van der Waals surface area contributed by atoms with Crippen LogP contribution in [0.4, 0.5) is 0 Å². The van der Waals surface area contributed by atoms with Crippen LogP contribution in [0.2, 0.25) is 0 Å². The largest absolute Gasteiger partial charge is 0.494 e. The van der Waals surface area contributed by atoms with Crippen LogP contribution in [0.5, 0.6) is 5.88 Å². The molecule has 0 saturated carbocycles. The first-order chi connectivity index (χ1) is 8.22. The minimum absolute atomic E-state index is 0.0769. The molecule has 1 heterocycles. The number of hydrogen-bond acceptors (Lipinski definition) is 3. The van der Waals surface area contributed by atoms with Gasteiger partial charge in [-0.25, -0.2) is 0 Å². The number of hydrogen-bond donors (Lipinski definition) is 2. The number of para-hydroxylation sites is 1. The highest BCUT2D eigenvalue weighted by Gasteiger charge is 2.08. The van der Waals surface area contributed by atoms with Gasteiger partial charge in [0.25, 0.3) is 0 Å². The number of aromatic nitrogens is 1. The summed E-state index contributed by atoms with van der Waals surface area (Å²) in [7, 11) is 1.65. The van der Waals surface area contributed by atoms with E-state index < -0.39 is 0 Å². The molecule has 0 unspecified atom stereocenters. The Hall–Kier alpha value is -1.81. The molecule has 0 aliphatic carbocycles.